The molecule has 0 saturated heterocycles. The smallest absolute Gasteiger partial charge is 0.338 e. The number of esters is 1. The van der Waals surface area contributed by atoms with Gasteiger partial charge in [-0.2, -0.15) is 0 Å². The van der Waals surface area contributed by atoms with Gasteiger partial charge in [0, 0.05) is 12.1 Å². The van der Waals surface area contributed by atoms with Crippen molar-refractivity contribution < 1.29 is 14.5 Å². The second-order valence-corrected chi connectivity index (χ2v) is 13.3. The minimum Gasteiger partial charge on any atom is -0.458 e. The molecule has 0 spiro atoms. The largest absolute Gasteiger partial charge is 0.458 e. The number of nitrogens with zero attached hydrogens (tertiary/aromatic N) is 1. The summed E-state index contributed by atoms with van der Waals surface area (Å²) in [6.45, 7) is 7.06. The molecule has 0 N–H and O–H groups in total. The van der Waals surface area contributed by atoms with Crippen LogP contribution in [0, 0.1) is 22.0 Å². The number of non-ortho nitro benzene ring substituents is 1. The fraction of sp³-hybridized carbons (Fsp3) is 0.588. The lowest BCUT2D eigenvalue weighted by atomic mass is 9.97. The molecule has 3 rings (SSSR count). The van der Waals surface area contributed by atoms with E-state index in [2.05, 4.69) is 19.6 Å². The molecule has 124 valence electrons. The molecule has 5 nitrogen and oxygen atoms in total. The van der Waals surface area contributed by atoms with Gasteiger partial charge in [-0.25, -0.2) is 4.79 Å². The van der Waals surface area contributed by atoms with Gasteiger partial charge in [0.25, 0.3) is 5.69 Å². The highest BCUT2D eigenvalue weighted by Crippen LogP contribution is 2.56. The molecule has 2 fully saturated rings. The van der Waals surface area contributed by atoms with Crippen molar-refractivity contribution in [3.63, 3.8) is 0 Å². The molecule has 1 aromatic carbocycles. The van der Waals surface area contributed by atoms with Crippen LogP contribution in [0.5, 0.6) is 0 Å². The highest BCUT2D eigenvalue weighted by molar-refractivity contribution is 6.77. The highest BCUT2D eigenvalue weighted by atomic mass is 28.3. The summed E-state index contributed by atoms with van der Waals surface area (Å²) in [6.07, 6.45) is 3.64. The second-order valence-electron chi connectivity index (χ2n) is 7.90. The van der Waals surface area contributed by atoms with Gasteiger partial charge in [-0.1, -0.05) is 19.6 Å². The molecule has 23 heavy (non-hydrogen) atoms. The molecule has 6 heteroatoms. The van der Waals surface area contributed by atoms with Crippen molar-refractivity contribution in [2.75, 3.05) is 0 Å². The van der Waals surface area contributed by atoms with Gasteiger partial charge in [-0.05, 0) is 48.8 Å². The molecule has 0 radical (unpaired) electrons. The van der Waals surface area contributed by atoms with Crippen LogP contribution in [0.1, 0.15) is 29.6 Å². The maximum absolute atomic E-state index is 12.5. The monoisotopic (exact) mass is 333 g/mol. The Morgan fingerprint density at radius 3 is 2.35 bits per heavy atom. The number of carbonyl (C=O) groups is 1. The Hall–Kier alpha value is -1.69. The SMILES string of the molecule is C[Si](C)(C)[C@H]1[C@H]2CC[C@H](C2)[C@H]1OC(=O)c1ccc([N+](=O)[O-])cc1. The van der Waals surface area contributed by atoms with Gasteiger partial charge in [0.05, 0.1) is 18.6 Å². The van der Waals surface area contributed by atoms with Gasteiger partial charge >= 0.3 is 5.97 Å². The third-order valence-corrected chi connectivity index (χ3v) is 8.20. The van der Waals surface area contributed by atoms with Crippen LogP contribution in [-0.4, -0.2) is 25.1 Å². The number of benzene rings is 1. The number of rotatable bonds is 4. The number of hydrogen-bond acceptors (Lipinski definition) is 4. The van der Waals surface area contributed by atoms with Crippen molar-refractivity contribution in [1.29, 1.82) is 0 Å². The summed E-state index contributed by atoms with van der Waals surface area (Å²) < 4.78 is 5.90. The molecule has 1 aromatic rings. The van der Waals surface area contributed by atoms with Crippen LogP contribution in [-0.2, 0) is 4.74 Å². The summed E-state index contributed by atoms with van der Waals surface area (Å²) in [5, 5.41) is 10.7. The van der Waals surface area contributed by atoms with Gasteiger partial charge in [0.1, 0.15) is 6.10 Å². The zero-order chi connectivity index (χ0) is 16.8. The van der Waals surface area contributed by atoms with Crippen LogP contribution in [0.3, 0.4) is 0 Å². The van der Waals surface area contributed by atoms with Gasteiger partial charge in [-0.3, -0.25) is 10.1 Å². The first-order chi connectivity index (χ1) is 10.8. The lowest BCUT2D eigenvalue weighted by Gasteiger charge is -2.38. The van der Waals surface area contributed by atoms with E-state index in [9.17, 15) is 14.9 Å². The zero-order valence-electron chi connectivity index (χ0n) is 13.8. The fourth-order valence-corrected chi connectivity index (χ4v) is 7.56. The number of carbonyl (C=O) groups excluding carboxylic acids is 1. The quantitative estimate of drug-likeness (QED) is 0.357. The Balaban J connectivity index is 1.75. The number of ether oxygens (including phenoxy) is 1. The van der Waals surface area contributed by atoms with Crippen molar-refractivity contribution in [3.05, 3.63) is 39.9 Å². The van der Waals surface area contributed by atoms with E-state index in [1.807, 2.05) is 0 Å². The van der Waals surface area contributed by atoms with E-state index in [1.54, 1.807) is 0 Å². The Morgan fingerprint density at radius 1 is 1.17 bits per heavy atom. The molecule has 0 aromatic heterocycles. The Kier molecular flexibility index (Phi) is 4.04. The van der Waals surface area contributed by atoms with Crippen LogP contribution in [0.25, 0.3) is 0 Å². The molecular formula is C17H23NO4Si. The van der Waals surface area contributed by atoms with Crippen LogP contribution < -0.4 is 0 Å². The second kappa shape index (κ2) is 5.74. The Morgan fingerprint density at radius 2 is 1.78 bits per heavy atom. The number of fused-ring (bicyclic) bond motifs is 2. The maximum Gasteiger partial charge on any atom is 0.338 e. The zero-order valence-corrected chi connectivity index (χ0v) is 14.8. The van der Waals surface area contributed by atoms with Crippen LogP contribution in [0.2, 0.25) is 25.2 Å². The number of nitro benzene ring substituents is 1. The molecule has 2 saturated carbocycles. The van der Waals surface area contributed by atoms with Crippen LogP contribution >= 0.6 is 0 Å². The third kappa shape index (κ3) is 3.04. The van der Waals surface area contributed by atoms with E-state index < -0.39 is 13.0 Å². The average Bonchev–Trinajstić information content (AvgIpc) is 3.07. The normalized spacial score (nSPS) is 29.5. The molecule has 0 unspecified atom stereocenters. The average molecular weight is 333 g/mol. The van der Waals surface area contributed by atoms with Crippen molar-refractivity contribution in [1.82, 2.24) is 0 Å². The summed E-state index contributed by atoms with van der Waals surface area (Å²) in [5.41, 5.74) is 0.914. The Bertz CT molecular complexity index is 622. The van der Waals surface area contributed by atoms with Crippen LogP contribution in [0.15, 0.2) is 24.3 Å². The summed E-state index contributed by atoms with van der Waals surface area (Å²) in [5.74, 6) is 0.862. The van der Waals surface area contributed by atoms with Crippen molar-refractivity contribution in [2.24, 2.45) is 11.8 Å². The van der Waals surface area contributed by atoms with E-state index in [0.717, 1.165) is 6.42 Å². The number of hydrogen-bond donors (Lipinski definition) is 0. The highest BCUT2D eigenvalue weighted by Gasteiger charge is 2.54. The standard InChI is InChI=1S/C17H23NO4Si/c1-23(2,3)16-13-5-4-12(10-13)15(16)22-17(19)11-6-8-14(9-7-11)18(20)21/h6-9,12-13,15-16H,4-5,10H2,1-3H3/t12-,13+,15-,16+/m1/s1. The van der Waals surface area contributed by atoms with Gasteiger partial charge < -0.3 is 4.74 Å². The van der Waals surface area contributed by atoms with Crippen molar-refractivity contribution in [2.45, 2.75) is 50.5 Å². The first kappa shape index (κ1) is 16.2. The summed E-state index contributed by atoms with van der Waals surface area (Å²) in [6, 6.07) is 5.68. The lowest BCUT2D eigenvalue weighted by molar-refractivity contribution is -0.384. The van der Waals surface area contributed by atoms with Gasteiger partial charge in [-0.15, -0.1) is 0 Å². The van der Waals surface area contributed by atoms with Gasteiger partial charge in [0.2, 0.25) is 0 Å². The lowest BCUT2D eigenvalue weighted by Crippen LogP contribution is -2.42. The molecule has 0 heterocycles. The molecular weight excluding hydrogens is 310 g/mol. The summed E-state index contributed by atoms with van der Waals surface area (Å²) >= 11 is 0. The molecule has 4 atom stereocenters. The predicted molar refractivity (Wildman–Crippen MR) is 90.2 cm³/mol. The minimum absolute atomic E-state index is 0.0125. The van der Waals surface area contributed by atoms with E-state index in [1.165, 1.54) is 37.1 Å². The molecule has 0 amide bonds. The van der Waals surface area contributed by atoms with E-state index in [4.69, 9.17) is 4.74 Å². The molecule has 2 bridgehead atoms. The molecule has 2 aliphatic carbocycles. The van der Waals surface area contributed by atoms with Crippen molar-refractivity contribution >= 4 is 19.7 Å². The topological polar surface area (TPSA) is 69.4 Å². The summed E-state index contributed by atoms with van der Waals surface area (Å²) in [4.78, 5) is 22.7. The third-order valence-electron chi connectivity index (χ3n) is 5.40. The minimum atomic E-state index is -1.40. The van der Waals surface area contributed by atoms with Crippen molar-refractivity contribution in [3.8, 4) is 0 Å². The summed E-state index contributed by atoms with van der Waals surface area (Å²) in [7, 11) is -1.40. The first-order valence-electron chi connectivity index (χ1n) is 8.23. The van der Waals surface area contributed by atoms with Crippen LogP contribution in [0.4, 0.5) is 5.69 Å². The van der Waals surface area contributed by atoms with E-state index in [-0.39, 0.29) is 17.8 Å². The maximum atomic E-state index is 12.5. The molecule has 0 aliphatic heterocycles. The number of nitro groups is 1. The van der Waals surface area contributed by atoms with E-state index >= 15 is 0 Å². The first-order valence-corrected chi connectivity index (χ1v) is 11.8. The fourth-order valence-electron chi connectivity index (χ4n) is 4.52. The van der Waals surface area contributed by atoms with E-state index in [0.29, 0.717) is 22.9 Å². The Labute approximate surface area is 137 Å². The molecule has 2 aliphatic rings. The van der Waals surface area contributed by atoms with Gasteiger partial charge in [0.15, 0.2) is 0 Å². The predicted octanol–water partition coefficient (Wildman–Crippen LogP) is 4.26.